The minimum atomic E-state index is -1.04. The second kappa shape index (κ2) is 9.33. The number of hydrogen-bond donors (Lipinski definition) is 2. The summed E-state index contributed by atoms with van der Waals surface area (Å²) in [5.41, 5.74) is 0.787. The Morgan fingerprint density at radius 2 is 1.85 bits per heavy atom. The van der Waals surface area contributed by atoms with Gasteiger partial charge in [0.15, 0.2) is 0 Å². The fourth-order valence-corrected chi connectivity index (χ4v) is 2.92. The number of amides is 1. The van der Waals surface area contributed by atoms with E-state index in [-0.39, 0.29) is 24.8 Å². The van der Waals surface area contributed by atoms with E-state index in [0.29, 0.717) is 5.56 Å². The predicted octanol–water partition coefficient (Wildman–Crippen LogP) is 3.95. The fourth-order valence-electron chi connectivity index (χ4n) is 2.51. The van der Waals surface area contributed by atoms with Crippen LogP contribution in [0.4, 0.5) is 8.78 Å². The molecule has 2 aromatic rings. The zero-order valence-corrected chi connectivity index (χ0v) is 15.0. The van der Waals surface area contributed by atoms with Crippen LogP contribution < -0.4 is 5.32 Å². The normalized spacial score (nSPS) is 11.8. The summed E-state index contributed by atoms with van der Waals surface area (Å²) < 4.78 is 26.8. The number of thioether (sulfide) groups is 1. The van der Waals surface area contributed by atoms with Crippen molar-refractivity contribution in [2.45, 2.75) is 30.2 Å². The molecule has 0 saturated carbocycles. The topological polar surface area (TPSA) is 66.4 Å². The van der Waals surface area contributed by atoms with Gasteiger partial charge in [-0.1, -0.05) is 12.1 Å². The number of rotatable bonds is 8. The third kappa shape index (κ3) is 5.84. The minimum Gasteiger partial charge on any atom is -0.481 e. The molecular formula is C19H19F2NO3S. The summed E-state index contributed by atoms with van der Waals surface area (Å²) in [5, 5.41) is 11.8. The van der Waals surface area contributed by atoms with Crippen molar-refractivity contribution in [2.75, 3.05) is 6.26 Å². The van der Waals surface area contributed by atoms with Crippen molar-refractivity contribution in [2.24, 2.45) is 0 Å². The summed E-state index contributed by atoms with van der Waals surface area (Å²) in [6, 6.07) is 9.64. The van der Waals surface area contributed by atoms with Gasteiger partial charge >= 0.3 is 5.97 Å². The number of aliphatic carboxylic acids is 1. The van der Waals surface area contributed by atoms with Crippen LogP contribution in [0.2, 0.25) is 0 Å². The number of carboxylic acids is 1. The van der Waals surface area contributed by atoms with Gasteiger partial charge in [-0.25, -0.2) is 8.78 Å². The molecule has 0 aliphatic heterocycles. The lowest BCUT2D eigenvalue weighted by Gasteiger charge is -2.18. The highest BCUT2D eigenvalue weighted by atomic mass is 32.2. The zero-order valence-electron chi connectivity index (χ0n) is 14.2. The molecule has 1 atom stereocenters. The van der Waals surface area contributed by atoms with Gasteiger partial charge in [0, 0.05) is 11.3 Å². The van der Waals surface area contributed by atoms with Crippen LogP contribution in [0.25, 0.3) is 0 Å². The van der Waals surface area contributed by atoms with E-state index in [2.05, 4.69) is 5.32 Å². The maximum Gasteiger partial charge on any atom is 0.305 e. The molecule has 4 nitrogen and oxygen atoms in total. The quantitative estimate of drug-likeness (QED) is 0.682. The van der Waals surface area contributed by atoms with E-state index in [0.717, 1.165) is 23.1 Å². The summed E-state index contributed by atoms with van der Waals surface area (Å²) in [4.78, 5) is 24.3. The van der Waals surface area contributed by atoms with Crippen LogP contribution in [0, 0.1) is 11.6 Å². The van der Waals surface area contributed by atoms with Gasteiger partial charge in [-0.05, 0) is 54.1 Å². The van der Waals surface area contributed by atoms with Crippen LogP contribution in [-0.4, -0.2) is 23.2 Å². The lowest BCUT2D eigenvalue weighted by Crippen LogP contribution is -2.30. The lowest BCUT2D eigenvalue weighted by molar-refractivity contribution is -0.137. The van der Waals surface area contributed by atoms with Gasteiger partial charge in [-0.2, -0.15) is 0 Å². The first kappa shape index (κ1) is 19.9. The molecule has 0 spiro atoms. The molecule has 2 aromatic carbocycles. The standard InChI is InChI=1S/C19H19F2NO3S/c1-26-15-6-2-12(3-7-15)17(11-19(24)25)22-18(23)9-4-13-10-14(20)5-8-16(13)21/h2-3,5-8,10,17H,4,9,11H2,1H3,(H,22,23)(H,24,25). The summed E-state index contributed by atoms with van der Waals surface area (Å²) >= 11 is 1.56. The third-order valence-corrected chi connectivity index (χ3v) is 4.60. The first-order valence-corrected chi connectivity index (χ1v) is 9.20. The molecule has 138 valence electrons. The molecule has 1 amide bonds. The molecule has 1 unspecified atom stereocenters. The average molecular weight is 379 g/mol. The largest absolute Gasteiger partial charge is 0.481 e. The Bertz CT molecular complexity index is 781. The number of hydrogen-bond acceptors (Lipinski definition) is 3. The Kier molecular flexibility index (Phi) is 7.15. The molecule has 7 heteroatoms. The van der Waals surface area contributed by atoms with Crippen molar-refractivity contribution in [3.05, 3.63) is 65.2 Å². The highest BCUT2D eigenvalue weighted by Crippen LogP contribution is 2.22. The van der Waals surface area contributed by atoms with Crippen molar-refractivity contribution in [1.29, 1.82) is 0 Å². The number of nitrogens with one attached hydrogen (secondary N) is 1. The Morgan fingerprint density at radius 1 is 1.15 bits per heavy atom. The van der Waals surface area contributed by atoms with E-state index in [1.165, 1.54) is 0 Å². The molecule has 0 heterocycles. The number of benzene rings is 2. The maximum absolute atomic E-state index is 13.6. The first-order chi connectivity index (χ1) is 12.4. The molecule has 0 aliphatic carbocycles. The van der Waals surface area contributed by atoms with Crippen LogP contribution in [0.15, 0.2) is 47.4 Å². The Labute approximate surface area is 154 Å². The number of halogens is 2. The number of carbonyl (C=O) groups is 2. The van der Waals surface area contributed by atoms with E-state index in [1.807, 2.05) is 18.4 Å². The van der Waals surface area contributed by atoms with Gasteiger partial charge in [0.2, 0.25) is 5.91 Å². The molecule has 2 N–H and O–H groups in total. The summed E-state index contributed by atoms with van der Waals surface area (Å²) in [7, 11) is 0. The first-order valence-electron chi connectivity index (χ1n) is 7.98. The highest BCUT2D eigenvalue weighted by molar-refractivity contribution is 7.98. The molecule has 0 aromatic heterocycles. The fraction of sp³-hybridized carbons (Fsp3) is 0.263. The second-order valence-corrected chi connectivity index (χ2v) is 6.61. The van der Waals surface area contributed by atoms with E-state index in [1.54, 1.807) is 23.9 Å². The van der Waals surface area contributed by atoms with Crippen molar-refractivity contribution >= 4 is 23.6 Å². The number of carbonyl (C=O) groups excluding carboxylic acids is 1. The van der Waals surface area contributed by atoms with Crippen molar-refractivity contribution in [1.82, 2.24) is 5.32 Å². The molecule has 0 radical (unpaired) electrons. The Balaban J connectivity index is 2.03. The van der Waals surface area contributed by atoms with E-state index < -0.39 is 29.6 Å². The summed E-state index contributed by atoms with van der Waals surface area (Å²) in [6.45, 7) is 0. The van der Waals surface area contributed by atoms with E-state index in [9.17, 15) is 18.4 Å². The Hall–Kier alpha value is -2.41. The predicted molar refractivity (Wildman–Crippen MR) is 96.0 cm³/mol. The lowest BCUT2D eigenvalue weighted by atomic mass is 10.0. The van der Waals surface area contributed by atoms with Crippen molar-refractivity contribution < 1.29 is 23.5 Å². The molecule has 26 heavy (non-hydrogen) atoms. The monoisotopic (exact) mass is 379 g/mol. The van der Waals surface area contributed by atoms with Gasteiger partial charge in [0.05, 0.1) is 12.5 Å². The molecule has 0 fully saturated rings. The van der Waals surface area contributed by atoms with Crippen molar-refractivity contribution in [3.8, 4) is 0 Å². The van der Waals surface area contributed by atoms with Gasteiger partial charge < -0.3 is 10.4 Å². The number of aryl methyl sites for hydroxylation is 1. The molecule has 2 rings (SSSR count). The summed E-state index contributed by atoms with van der Waals surface area (Å²) in [6.07, 6.45) is 1.62. The minimum absolute atomic E-state index is 0.0284. The summed E-state index contributed by atoms with van der Waals surface area (Å²) in [5.74, 6) is -2.61. The average Bonchev–Trinajstić information content (AvgIpc) is 2.61. The van der Waals surface area contributed by atoms with Crippen LogP contribution in [0.1, 0.15) is 30.0 Å². The zero-order chi connectivity index (χ0) is 19.1. The number of carboxylic acid groups (broad SMARTS) is 1. The van der Waals surface area contributed by atoms with Gasteiger partial charge in [-0.3, -0.25) is 9.59 Å². The van der Waals surface area contributed by atoms with Crippen LogP contribution in [0.5, 0.6) is 0 Å². The molecule has 0 bridgehead atoms. The second-order valence-electron chi connectivity index (χ2n) is 5.73. The van der Waals surface area contributed by atoms with Crippen LogP contribution in [-0.2, 0) is 16.0 Å². The highest BCUT2D eigenvalue weighted by Gasteiger charge is 2.18. The van der Waals surface area contributed by atoms with Gasteiger partial charge in [0.25, 0.3) is 0 Å². The van der Waals surface area contributed by atoms with Gasteiger partial charge in [0.1, 0.15) is 11.6 Å². The van der Waals surface area contributed by atoms with E-state index in [4.69, 9.17) is 5.11 Å². The van der Waals surface area contributed by atoms with Crippen molar-refractivity contribution in [3.63, 3.8) is 0 Å². The molecular weight excluding hydrogens is 360 g/mol. The molecule has 0 saturated heterocycles. The maximum atomic E-state index is 13.6. The smallest absolute Gasteiger partial charge is 0.305 e. The van der Waals surface area contributed by atoms with E-state index >= 15 is 0 Å². The third-order valence-electron chi connectivity index (χ3n) is 3.86. The molecule has 0 aliphatic rings. The van der Waals surface area contributed by atoms with Crippen LogP contribution >= 0.6 is 11.8 Å². The van der Waals surface area contributed by atoms with Crippen LogP contribution in [0.3, 0.4) is 0 Å². The SMILES string of the molecule is CSc1ccc(C(CC(=O)O)NC(=O)CCc2cc(F)ccc2F)cc1. The van der Waals surface area contributed by atoms with Gasteiger partial charge in [-0.15, -0.1) is 11.8 Å². The Morgan fingerprint density at radius 3 is 2.46 bits per heavy atom.